The van der Waals surface area contributed by atoms with Crippen molar-refractivity contribution in [1.29, 1.82) is 0 Å². The van der Waals surface area contributed by atoms with Crippen molar-refractivity contribution in [2.24, 2.45) is 0 Å². The molecule has 0 bridgehead atoms. The molecule has 0 spiro atoms. The molecule has 0 aromatic heterocycles. The van der Waals surface area contributed by atoms with E-state index in [2.05, 4.69) is 5.32 Å². The average Bonchev–Trinajstić information content (AvgIpc) is 3.02. The molecule has 1 N–H and O–H groups in total. The van der Waals surface area contributed by atoms with E-state index in [9.17, 15) is 9.59 Å². The molecule has 1 aliphatic rings. The van der Waals surface area contributed by atoms with Crippen molar-refractivity contribution in [2.45, 2.75) is 17.7 Å². The van der Waals surface area contributed by atoms with Gasteiger partial charge in [-0.05, 0) is 55.1 Å². The number of benzene rings is 2. The van der Waals surface area contributed by atoms with Gasteiger partial charge in [-0.3, -0.25) is 9.59 Å². The summed E-state index contributed by atoms with van der Waals surface area (Å²) in [6, 6.07) is 12.6. The minimum atomic E-state index is -0.225. The van der Waals surface area contributed by atoms with Crippen molar-refractivity contribution in [1.82, 2.24) is 0 Å². The fourth-order valence-corrected chi connectivity index (χ4v) is 3.27. The van der Waals surface area contributed by atoms with Crippen molar-refractivity contribution in [3.05, 3.63) is 53.1 Å². The molecule has 0 unspecified atom stereocenters. The van der Waals surface area contributed by atoms with Crippen LogP contribution in [0.2, 0.25) is 5.02 Å². The van der Waals surface area contributed by atoms with Crippen LogP contribution < -0.4 is 10.2 Å². The lowest BCUT2D eigenvalue weighted by molar-refractivity contribution is -0.117. The van der Waals surface area contributed by atoms with Crippen LogP contribution in [-0.2, 0) is 4.79 Å². The Morgan fingerprint density at radius 1 is 1.21 bits per heavy atom. The van der Waals surface area contributed by atoms with Crippen molar-refractivity contribution < 1.29 is 9.59 Å². The molecule has 3 rings (SSSR count). The number of carbonyl (C=O) groups is 2. The molecule has 0 radical (unpaired) electrons. The Morgan fingerprint density at radius 3 is 2.58 bits per heavy atom. The highest BCUT2D eigenvalue weighted by atomic mass is 35.5. The second kappa shape index (κ2) is 7.28. The van der Waals surface area contributed by atoms with Gasteiger partial charge < -0.3 is 10.2 Å². The van der Waals surface area contributed by atoms with Gasteiger partial charge in [-0.25, -0.2) is 0 Å². The molecular weight excluding hydrogens is 344 g/mol. The van der Waals surface area contributed by atoms with E-state index in [4.69, 9.17) is 11.6 Å². The third-order valence-electron chi connectivity index (χ3n) is 3.92. The molecule has 2 aromatic rings. The minimum Gasteiger partial charge on any atom is -0.322 e. The van der Waals surface area contributed by atoms with E-state index >= 15 is 0 Å². The quantitative estimate of drug-likeness (QED) is 0.820. The first kappa shape index (κ1) is 16.9. The zero-order valence-electron chi connectivity index (χ0n) is 13.2. The Labute approximate surface area is 150 Å². The van der Waals surface area contributed by atoms with Gasteiger partial charge in [0.05, 0.1) is 10.7 Å². The van der Waals surface area contributed by atoms with Crippen LogP contribution in [0.25, 0.3) is 0 Å². The minimum absolute atomic E-state index is 0.0436. The van der Waals surface area contributed by atoms with E-state index in [-0.39, 0.29) is 11.8 Å². The summed E-state index contributed by atoms with van der Waals surface area (Å²) in [5.74, 6) is -0.182. The number of anilines is 2. The van der Waals surface area contributed by atoms with Gasteiger partial charge in [-0.15, -0.1) is 11.8 Å². The van der Waals surface area contributed by atoms with Gasteiger partial charge in [0.25, 0.3) is 5.91 Å². The predicted molar refractivity (Wildman–Crippen MR) is 99.2 cm³/mol. The smallest absolute Gasteiger partial charge is 0.255 e. The highest BCUT2D eigenvalue weighted by molar-refractivity contribution is 7.98. The van der Waals surface area contributed by atoms with Crippen LogP contribution >= 0.6 is 23.4 Å². The number of hydrogen-bond acceptors (Lipinski definition) is 3. The summed E-state index contributed by atoms with van der Waals surface area (Å²) < 4.78 is 0. The molecule has 1 fully saturated rings. The molecule has 24 heavy (non-hydrogen) atoms. The van der Waals surface area contributed by atoms with Crippen LogP contribution in [0, 0.1) is 0 Å². The summed E-state index contributed by atoms with van der Waals surface area (Å²) >= 11 is 7.86. The van der Waals surface area contributed by atoms with Crippen LogP contribution in [0.15, 0.2) is 47.4 Å². The predicted octanol–water partition coefficient (Wildman–Crippen LogP) is 4.44. The summed E-state index contributed by atoms with van der Waals surface area (Å²) in [6.45, 7) is 0.639. The molecule has 1 aliphatic heterocycles. The third kappa shape index (κ3) is 3.57. The van der Waals surface area contributed by atoms with E-state index in [0.717, 1.165) is 17.0 Å². The number of nitrogens with one attached hydrogen (secondary N) is 1. The zero-order chi connectivity index (χ0) is 17.1. The van der Waals surface area contributed by atoms with Crippen LogP contribution in [0.5, 0.6) is 0 Å². The van der Waals surface area contributed by atoms with E-state index in [0.29, 0.717) is 29.2 Å². The number of thioether (sulfide) groups is 1. The van der Waals surface area contributed by atoms with E-state index in [1.54, 1.807) is 34.9 Å². The number of halogens is 1. The van der Waals surface area contributed by atoms with Gasteiger partial charge in [0, 0.05) is 29.1 Å². The maximum absolute atomic E-state index is 12.5. The van der Waals surface area contributed by atoms with Crippen LogP contribution in [0.3, 0.4) is 0 Å². The Bertz CT molecular complexity index is 777. The lowest BCUT2D eigenvalue weighted by atomic mass is 10.1. The lowest BCUT2D eigenvalue weighted by Crippen LogP contribution is -2.24. The fourth-order valence-electron chi connectivity index (χ4n) is 2.64. The van der Waals surface area contributed by atoms with E-state index in [1.807, 2.05) is 30.5 Å². The van der Waals surface area contributed by atoms with Crippen LogP contribution in [0.4, 0.5) is 11.4 Å². The Kier molecular flexibility index (Phi) is 5.11. The lowest BCUT2D eigenvalue weighted by Gasteiger charge is -2.18. The second-order valence-electron chi connectivity index (χ2n) is 5.50. The molecule has 4 nitrogen and oxygen atoms in total. The van der Waals surface area contributed by atoms with Gasteiger partial charge in [0.1, 0.15) is 0 Å². The highest BCUT2D eigenvalue weighted by Crippen LogP contribution is 2.30. The maximum Gasteiger partial charge on any atom is 0.255 e. The fraction of sp³-hybridized carbons (Fsp3) is 0.222. The number of nitrogens with zero attached hydrogens (tertiary/aromatic N) is 1. The first-order chi connectivity index (χ1) is 11.6. The third-order valence-corrected chi connectivity index (χ3v) is 4.98. The van der Waals surface area contributed by atoms with Gasteiger partial charge in [-0.2, -0.15) is 0 Å². The summed E-state index contributed by atoms with van der Waals surface area (Å²) in [5, 5.41) is 3.34. The molecule has 1 heterocycles. The monoisotopic (exact) mass is 360 g/mol. The molecule has 2 aromatic carbocycles. The Balaban J connectivity index is 1.80. The summed E-state index contributed by atoms with van der Waals surface area (Å²) in [7, 11) is 0. The number of rotatable bonds is 4. The molecule has 1 saturated heterocycles. The van der Waals surface area contributed by atoms with E-state index < -0.39 is 0 Å². The van der Waals surface area contributed by atoms with Crippen molar-refractivity contribution >= 4 is 46.6 Å². The van der Waals surface area contributed by atoms with Gasteiger partial charge in [0.15, 0.2) is 0 Å². The largest absolute Gasteiger partial charge is 0.322 e. The van der Waals surface area contributed by atoms with Crippen molar-refractivity contribution in [3.63, 3.8) is 0 Å². The molecular formula is C18H17ClN2O2S. The first-order valence-electron chi connectivity index (χ1n) is 7.64. The summed E-state index contributed by atoms with van der Waals surface area (Å²) in [6.07, 6.45) is 3.34. The number of carbonyl (C=O) groups excluding carboxylic acids is 2. The SMILES string of the molecule is CSc1ccc(NC(=O)c2ccc(Cl)c(N3CCCC3=O)c2)cc1. The zero-order valence-corrected chi connectivity index (χ0v) is 14.8. The van der Waals surface area contributed by atoms with Gasteiger partial charge >= 0.3 is 0 Å². The highest BCUT2D eigenvalue weighted by Gasteiger charge is 2.24. The summed E-state index contributed by atoms with van der Waals surface area (Å²) in [5.41, 5.74) is 1.80. The number of hydrogen-bond donors (Lipinski definition) is 1. The Hall–Kier alpha value is -1.98. The standard InChI is InChI=1S/C18H17ClN2O2S/c1-24-14-7-5-13(6-8-14)20-18(23)12-4-9-15(19)16(11-12)21-10-2-3-17(21)22/h4-9,11H,2-3,10H2,1H3,(H,20,23). The molecule has 0 saturated carbocycles. The van der Waals surface area contributed by atoms with Crippen molar-refractivity contribution in [2.75, 3.05) is 23.0 Å². The normalized spacial score (nSPS) is 14.1. The molecule has 6 heteroatoms. The maximum atomic E-state index is 12.5. The van der Waals surface area contributed by atoms with Crippen molar-refractivity contribution in [3.8, 4) is 0 Å². The summed E-state index contributed by atoms with van der Waals surface area (Å²) in [4.78, 5) is 27.2. The molecule has 0 aliphatic carbocycles. The van der Waals surface area contributed by atoms with Gasteiger partial charge in [-0.1, -0.05) is 11.6 Å². The topological polar surface area (TPSA) is 49.4 Å². The second-order valence-corrected chi connectivity index (χ2v) is 6.78. The van der Waals surface area contributed by atoms with Gasteiger partial charge in [0.2, 0.25) is 5.91 Å². The molecule has 2 amide bonds. The first-order valence-corrected chi connectivity index (χ1v) is 9.24. The van der Waals surface area contributed by atoms with E-state index in [1.165, 1.54) is 0 Å². The average molecular weight is 361 g/mol. The number of amides is 2. The van der Waals surface area contributed by atoms with Crippen LogP contribution in [0.1, 0.15) is 23.2 Å². The van der Waals surface area contributed by atoms with Crippen LogP contribution in [-0.4, -0.2) is 24.6 Å². The Morgan fingerprint density at radius 2 is 1.96 bits per heavy atom. The molecule has 124 valence electrons. The molecule has 0 atom stereocenters.